The zero-order valence-corrected chi connectivity index (χ0v) is 10.8. The van der Waals surface area contributed by atoms with E-state index in [4.69, 9.17) is 5.11 Å². The Morgan fingerprint density at radius 3 is 2.31 bits per heavy atom. The van der Waals surface area contributed by atoms with Crippen molar-refractivity contribution in [3.63, 3.8) is 0 Å². The Morgan fingerprint density at radius 1 is 1.19 bits per heavy atom. The van der Waals surface area contributed by atoms with Gasteiger partial charge in [0.25, 0.3) is 0 Å². The van der Waals surface area contributed by atoms with E-state index in [0.29, 0.717) is 6.54 Å². The van der Waals surface area contributed by atoms with Crippen molar-refractivity contribution >= 4 is 23.6 Å². The van der Waals surface area contributed by atoms with Crippen molar-refractivity contribution in [2.45, 2.75) is 26.7 Å². The predicted octanol–water partition coefficient (Wildman–Crippen LogP) is 1.67. The van der Waals surface area contributed by atoms with Crippen molar-refractivity contribution < 1.29 is 14.7 Å². The predicted molar refractivity (Wildman–Crippen MR) is 66.6 cm³/mol. The molecule has 0 aromatic heterocycles. The van der Waals surface area contributed by atoms with Crippen LogP contribution in [0.4, 0.5) is 0 Å². The first-order valence-corrected chi connectivity index (χ1v) is 6.58. The molecule has 0 rings (SSSR count). The van der Waals surface area contributed by atoms with Gasteiger partial charge in [0.15, 0.2) is 0 Å². The summed E-state index contributed by atoms with van der Waals surface area (Å²) in [5, 5.41) is 11.4. The molecule has 2 N–H and O–H groups in total. The molecule has 0 aromatic rings. The van der Waals surface area contributed by atoms with Crippen LogP contribution >= 0.6 is 11.8 Å². The van der Waals surface area contributed by atoms with Crippen molar-refractivity contribution in [1.29, 1.82) is 0 Å². The molecule has 5 heteroatoms. The second-order valence-electron chi connectivity index (χ2n) is 3.51. The maximum absolute atomic E-state index is 11.5. The van der Waals surface area contributed by atoms with Gasteiger partial charge in [-0.2, -0.15) is 11.8 Å². The lowest BCUT2D eigenvalue weighted by Crippen LogP contribution is -2.26. The van der Waals surface area contributed by atoms with Crippen LogP contribution in [0, 0.1) is 0 Å². The molecule has 0 fully saturated rings. The molecule has 0 radical (unpaired) electrons. The Hall–Kier alpha value is -0.970. The summed E-state index contributed by atoms with van der Waals surface area (Å²) in [6, 6.07) is 0. The van der Waals surface area contributed by atoms with E-state index in [-0.39, 0.29) is 17.1 Å². The van der Waals surface area contributed by atoms with Gasteiger partial charge in [-0.25, -0.2) is 4.79 Å². The summed E-state index contributed by atoms with van der Waals surface area (Å²) in [6.45, 7) is 3.56. The average Bonchev–Trinajstić information content (AvgIpc) is 2.26. The van der Waals surface area contributed by atoms with Gasteiger partial charge in [0, 0.05) is 17.7 Å². The molecule has 0 heterocycles. The summed E-state index contributed by atoms with van der Waals surface area (Å²) in [6.07, 6.45) is 4.02. The lowest BCUT2D eigenvalue weighted by atomic mass is 10.1. The number of carbonyl (C=O) groups is 2. The summed E-state index contributed by atoms with van der Waals surface area (Å²) in [5.41, 5.74) is 0.374. The highest BCUT2D eigenvalue weighted by molar-refractivity contribution is 7.98. The first kappa shape index (κ1) is 15.0. The minimum absolute atomic E-state index is 0.0987. The topological polar surface area (TPSA) is 66.4 Å². The molecule has 0 spiro atoms. The van der Waals surface area contributed by atoms with Crippen LogP contribution in [-0.4, -0.2) is 35.5 Å². The number of hydrogen-bond acceptors (Lipinski definition) is 3. The summed E-state index contributed by atoms with van der Waals surface area (Å²) < 4.78 is 0. The number of thioether (sulfide) groups is 1. The Labute approximate surface area is 100 Å². The Kier molecular flexibility index (Phi) is 7.72. The summed E-state index contributed by atoms with van der Waals surface area (Å²) in [4.78, 5) is 22.1. The SMILES string of the molecule is CSCCCCNC(=O)C(C)=C(C)C(=O)O. The highest BCUT2D eigenvalue weighted by Gasteiger charge is 2.11. The molecule has 16 heavy (non-hydrogen) atoms. The number of rotatable bonds is 7. The third kappa shape index (κ3) is 5.80. The van der Waals surface area contributed by atoms with Gasteiger partial charge in [-0.3, -0.25) is 4.79 Å². The van der Waals surface area contributed by atoms with Gasteiger partial charge in [-0.1, -0.05) is 0 Å². The van der Waals surface area contributed by atoms with Gasteiger partial charge < -0.3 is 10.4 Å². The van der Waals surface area contributed by atoms with Gasteiger partial charge in [0.2, 0.25) is 5.91 Å². The van der Waals surface area contributed by atoms with E-state index in [9.17, 15) is 9.59 Å². The van der Waals surface area contributed by atoms with E-state index < -0.39 is 5.97 Å². The van der Waals surface area contributed by atoms with E-state index >= 15 is 0 Å². The van der Waals surface area contributed by atoms with E-state index in [0.717, 1.165) is 18.6 Å². The van der Waals surface area contributed by atoms with Crippen molar-refractivity contribution in [2.24, 2.45) is 0 Å². The van der Waals surface area contributed by atoms with E-state index in [1.54, 1.807) is 11.8 Å². The molecule has 0 aliphatic rings. The molecule has 0 atom stereocenters. The van der Waals surface area contributed by atoms with Crippen LogP contribution in [0.5, 0.6) is 0 Å². The number of carboxylic acid groups (broad SMARTS) is 1. The first-order valence-electron chi connectivity index (χ1n) is 5.18. The lowest BCUT2D eigenvalue weighted by Gasteiger charge is -2.06. The van der Waals surface area contributed by atoms with Gasteiger partial charge in [-0.15, -0.1) is 0 Å². The fourth-order valence-corrected chi connectivity index (χ4v) is 1.53. The number of unbranched alkanes of at least 4 members (excludes halogenated alkanes) is 1. The fourth-order valence-electron chi connectivity index (χ4n) is 1.04. The number of hydrogen-bond donors (Lipinski definition) is 2. The third-order valence-electron chi connectivity index (χ3n) is 2.28. The standard InChI is InChI=1S/C11H19NO3S/c1-8(9(2)11(14)15)10(13)12-6-4-5-7-16-3/h4-7H2,1-3H3,(H,12,13)(H,14,15). The van der Waals surface area contributed by atoms with E-state index in [1.807, 2.05) is 6.26 Å². The van der Waals surface area contributed by atoms with Crippen LogP contribution < -0.4 is 5.32 Å². The number of aliphatic carboxylic acids is 1. The number of carbonyl (C=O) groups excluding carboxylic acids is 1. The van der Waals surface area contributed by atoms with Gasteiger partial charge in [0.1, 0.15) is 0 Å². The fraction of sp³-hybridized carbons (Fsp3) is 0.636. The van der Waals surface area contributed by atoms with Crippen molar-refractivity contribution in [2.75, 3.05) is 18.6 Å². The normalized spacial score (nSPS) is 11.9. The second kappa shape index (κ2) is 8.21. The molecular weight excluding hydrogens is 226 g/mol. The summed E-state index contributed by atoms with van der Waals surface area (Å²) in [5.74, 6) is -0.252. The highest BCUT2D eigenvalue weighted by atomic mass is 32.2. The quantitative estimate of drug-likeness (QED) is 0.529. The molecule has 0 saturated carbocycles. The largest absolute Gasteiger partial charge is 0.478 e. The maximum Gasteiger partial charge on any atom is 0.331 e. The summed E-state index contributed by atoms with van der Waals surface area (Å²) >= 11 is 1.78. The van der Waals surface area contributed by atoms with E-state index in [1.165, 1.54) is 13.8 Å². The van der Waals surface area contributed by atoms with Gasteiger partial charge in [-0.05, 0) is 38.7 Å². The maximum atomic E-state index is 11.5. The zero-order valence-electron chi connectivity index (χ0n) is 10.0. The molecule has 0 aromatic carbocycles. The molecule has 0 bridgehead atoms. The molecule has 4 nitrogen and oxygen atoms in total. The molecule has 0 aliphatic carbocycles. The molecule has 0 saturated heterocycles. The van der Waals surface area contributed by atoms with Gasteiger partial charge in [0.05, 0.1) is 0 Å². The van der Waals surface area contributed by atoms with Crippen LogP contribution in [0.15, 0.2) is 11.1 Å². The number of carboxylic acids is 1. The first-order chi connectivity index (χ1) is 7.50. The van der Waals surface area contributed by atoms with E-state index in [2.05, 4.69) is 5.32 Å². The second-order valence-corrected chi connectivity index (χ2v) is 4.50. The lowest BCUT2D eigenvalue weighted by molar-refractivity contribution is -0.133. The monoisotopic (exact) mass is 245 g/mol. The molecule has 0 aliphatic heterocycles. The molecule has 1 amide bonds. The Morgan fingerprint density at radius 2 is 1.81 bits per heavy atom. The van der Waals surface area contributed by atoms with Crippen LogP contribution in [0.1, 0.15) is 26.7 Å². The van der Waals surface area contributed by atoms with Crippen LogP contribution in [0.2, 0.25) is 0 Å². The van der Waals surface area contributed by atoms with Crippen LogP contribution in [-0.2, 0) is 9.59 Å². The minimum atomic E-state index is -1.05. The zero-order chi connectivity index (χ0) is 12.6. The van der Waals surface area contributed by atoms with Crippen molar-refractivity contribution in [3.05, 3.63) is 11.1 Å². The Balaban J connectivity index is 3.98. The van der Waals surface area contributed by atoms with Crippen LogP contribution in [0.25, 0.3) is 0 Å². The molecular formula is C11H19NO3S. The average molecular weight is 245 g/mol. The number of amides is 1. The highest BCUT2D eigenvalue weighted by Crippen LogP contribution is 2.03. The minimum Gasteiger partial charge on any atom is -0.478 e. The molecule has 0 unspecified atom stereocenters. The van der Waals surface area contributed by atoms with Crippen molar-refractivity contribution in [1.82, 2.24) is 5.32 Å². The van der Waals surface area contributed by atoms with Crippen LogP contribution in [0.3, 0.4) is 0 Å². The Bertz CT molecular complexity index is 287. The number of nitrogens with one attached hydrogen (secondary N) is 1. The molecule has 92 valence electrons. The van der Waals surface area contributed by atoms with Crippen molar-refractivity contribution in [3.8, 4) is 0 Å². The third-order valence-corrected chi connectivity index (χ3v) is 2.98. The smallest absolute Gasteiger partial charge is 0.331 e. The summed E-state index contributed by atoms with van der Waals surface area (Å²) in [7, 11) is 0. The van der Waals surface area contributed by atoms with Gasteiger partial charge >= 0.3 is 5.97 Å².